The summed E-state index contributed by atoms with van der Waals surface area (Å²) in [7, 11) is 0. The van der Waals surface area contributed by atoms with Crippen LogP contribution in [0.2, 0.25) is 0 Å². The van der Waals surface area contributed by atoms with E-state index in [4.69, 9.17) is 0 Å². The van der Waals surface area contributed by atoms with Crippen molar-refractivity contribution in [2.24, 2.45) is 5.92 Å². The molecule has 1 heteroatoms. The fraction of sp³-hybridized carbons (Fsp3) is 0.308. The average Bonchev–Trinajstić information content (AvgIpc) is 2.19. The van der Waals surface area contributed by atoms with Crippen LogP contribution in [0.15, 0.2) is 48.7 Å². The molecule has 2 atom stereocenters. The molecule has 0 amide bonds. The minimum absolute atomic E-state index is 0.308. The monoisotopic (exact) mass is 188 g/mol. The molecule has 1 aromatic rings. The van der Waals surface area contributed by atoms with Gasteiger partial charge in [-0.05, 0) is 24.0 Å². The maximum absolute atomic E-state index is 9.85. The Balaban J connectivity index is 2.58. The minimum Gasteiger partial charge on any atom is -0.388 e. The van der Waals surface area contributed by atoms with Crippen molar-refractivity contribution in [1.82, 2.24) is 0 Å². The Kier molecular flexibility index (Phi) is 4.18. The highest BCUT2D eigenvalue weighted by Gasteiger charge is 2.09. The Morgan fingerprint density at radius 3 is 2.64 bits per heavy atom. The summed E-state index contributed by atoms with van der Waals surface area (Å²) in [4.78, 5) is 0. The van der Waals surface area contributed by atoms with Crippen LogP contribution in [0.5, 0.6) is 0 Å². The molecule has 0 spiro atoms. The lowest BCUT2D eigenvalue weighted by molar-refractivity contribution is 0.155. The highest BCUT2D eigenvalue weighted by molar-refractivity contribution is 5.17. The van der Waals surface area contributed by atoms with E-state index in [1.807, 2.05) is 43.3 Å². The lowest BCUT2D eigenvalue weighted by Gasteiger charge is -2.13. The molecule has 0 heterocycles. The quantitative estimate of drug-likeness (QED) is 0.720. The van der Waals surface area contributed by atoms with Gasteiger partial charge in [0.05, 0.1) is 6.10 Å². The third kappa shape index (κ3) is 3.21. The molecule has 2 unspecified atom stereocenters. The summed E-state index contributed by atoms with van der Waals surface area (Å²) < 4.78 is 0. The van der Waals surface area contributed by atoms with Crippen LogP contribution in [0.3, 0.4) is 0 Å². The number of hydrogen-bond donors (Lipinski definition) is 1. The molecule has 0 fully saturated rings. The molecule has 0 aliphatic rings. The van der Waals surface area contributed by atoms with Gasteiger partial charge in [-0.15, -0.1) is 5.73 Å². The van der Waals surface area contributed by atoms with Crippen molar-refractivity contribution in [2.75, 3.05) is 0 Å². The second-order valence-electron chi connectivity index (χ2n) is 3.51. The molecular formula is C13H16O. The van der Waals surface area contributed by atoms with Crippen molar-refractivity contribution in [2.45, 2.75) is 19.4 Å². The van der Waals surface area contributed by atoms with E-state index in [1.54, 1.807) is 0 Å². The van der Waals surface area contributed by atoms with Gasteiger partial charge in [-0.1, -0.05) is 43.8 Å². The fourth-order valence-corrected chi connectivity index (χ4v) is 1.43. The van der Waals surface area contributed by atoms with Gasteiger partial charge < -0.3 is 5.11 Å². The average molecular weight is 188 g/mol. The Bertz CT molecular complexity index is 309. The largest absolute Gasteiger partial charge is 0.388 e. The summed E-state index contributed by atoms with van der Waals surface area (Å²) in [6, 6.07) is 9.70. The number of hydrogen-bond acceptors (Lipinski definition) is 1. The predicted molar refractivity (Wildman–Crippen MR) is 58.9 cm³/mol. The van der Waals surface area contributed by atoms with Crippen molar-refractivity contribution in [3.05, 3.63) is 54.3 Å². The summed E-state index contributed by atoms with van der Waals surface area (Å²) in [6.07, 6.45) is 2.20. The summed E-state index contributed by atoms with van der Waals surface area (Å²) in [5.74, 6) is 0.308. The van der Waals surface area contributed by atoms with Crippen molar-refractivity contribution in [1.29, 1.82) is 0 Å². The number of aliphatic hydroxyl groups excluding tert-OH is 1. The summed E-state index contributed by atoms with van der Waals surface area (Å²) in [5, 5.41) is 9.85. The summed E-state index contributed by atoms with van der Waals surface area (Å²) in [6.45, 7) is 5.56. The topological polar surface area (TPSA) is 20.2 Å². The van der Waals surface area contributed by atoms with Crippen LogP contribution in [0.4, 0.5) is 0 Å². The van der Waals surface area contributed by atoms with Crippen LogP contribution < -0.4 is 0 Å². The van der Waals surface area contributed by atoms with E-state index < -0.39 is 6.10 Å². The molecule has 0 aromatic heterocycles. The van der Waals surface area contributed by atoms with Crippen LogP contribution in [0.25, 0.3) is 0 Å². The molecule has 0 bridgehead atoms. The number of rotatable bonds is 4. The zero-order chi connectivity index (χ0) is 10.4. The van der Waals surface area contributed by atoms with Crippen LogP contribution in [0.1, 0.15) is 25.0 Å². The maximum Gasteiger partial charge on any atom is 0.0795 e. The smallest absolute Gasteiger partial charge is 0.0795 e. The lowest BCUT2D eigenvalue weighted by Crippen LogP contribution is -2.02. The van der Waals surface area contributed by atoms with Crippen LogP contribution >= 0.6 is 0 Å². The molecule has 0 aliphatic heterocycles. The molecule has 1 rings (SSSR count). The Morgan fingerprint density at radius 2 is 2.07 bits per heavy atom. The second kappa shape index (κ2) is 5.43. The van der Waals surface area contributed by atoms with E-state index in [0.29, 0.717) is 12.3 Å². The zero-order valence-electron chi connectivity index (χ0n) is 8.48. The number of aliphatic hydroxyl groups is 1. The normalized spacial score (nSPS) is 14.1. The van der Waals surface area contributed by atoms with Gasteiger partial charge in [-0.3, -0.25) is 0 Å². The molecule has 14 heavy (non-hydrogen) atoms. The van der Waals surface area contributed by atoms with Gasteiger partial charge in [-0.25, -0.2) is 0 Å². The molecule has 1 aromatic carbocycles. The van der Waals surface area contributed by atoms with E-state index in [2.05, 4.69) is 12.3 Å². The van der Waals surface area contributed by atoms with Gasteiger partial charge in [0.2, 0.25) is 0 Å². The molecular weight excluding hydrogens is 172 g/mol. The van der Waals surface area contributed by atoms with Gasteiger partial charge in [0, 0.05) is 0 Å². The summed E-state index contributed by atoms with van der Waals surface area (Å²) >= 11 is 0. The Labute approximate surface area is 85.4 Å². The molecule has 0 radical (unpaired) electrons. The van der Waals surface area contributed by atoms with Gasteiger partial charge >= 0.3 is 0 Å². The standard InChI is InChI=1S/C13H16O/c1-3-7-11(2)10-13(14)12-8-5-4-6-9-12/h4-9,11,13-14H,1,10H2,2H3. The third-order valence-corrected chi connectivity index (χ3v) is 2.18. The SMILES string of the molecule is C=C=CC(C)CC(O)c1ccccc1. The van der Waals surface area contributed by atoms with Crippen LogP contribution in [-0.2, 0) is 0 Å². The predicted octanol–water partition coefficient (Wildman–Crippen LogP) is 3.09. The van der Waals surface area contributed by atoms with Crippen molar-refractivity contribution >= 4 is 0 Å². The Hall–Kier alpha value is -1.30. The molecule has 74 valence electrons. The first-order valence-corrected chi connectivity index (χ1v) is 4.83. The first-order valence-electron chi connectivity index (χ1n) is 4.83. The van der Waals surface area contributed by atoms with Gasteiger partial charge in [0.15, 0.2) is 0 Å². The van der Waals surface area contributed by atoms with Gasteiger partial charge in [-0.2, -0.15) is 0 Å². The van der Waals surface area contributed by atoms with E-state index in [1.165, 1.54) is 0 Å². The molecule has 0 saturated carbocycles. The lowest BCUT2D eigenvalue weighted by atomic mass is 9.98. The van der Waals surface area contributed by atoms with Crippen molar-refractivity contribution < 1.29 is 5.11 Å². The molecule has 1 nitrogen and oxygen atoms in total. The van der Waals surface area contributed by atoms with Gasteiger partial charge in [0.1, 0.15) is 0 Å². The zero-order valence-corrected chi connectivity index (χ0v) is 8.48. The van der Waals surface area contributed by atoms with E-state index in [-0.39, 0.29) is 0 Å². The van der Waals surface area contributed by atoms with Crippen molar-refractivity contribution in [3.63, 3.8) is 0 Å². The third-order valence-electron chi connectivity index (χ3n) is 2.18. The minimum atomic E-state index is -0.393. The van der Waals surface area contributed by atoms with E-state index >= 15 is 0 Å². The van der Waals surface area contributed by atoms with E-state index in [9.17, 15) is 5.11 Å². The fourth-order valence-electron chi connectivity index (χ4n) is 1.43. The van der Waals surface area contributed by atoms with Crippen LogP contribution in [0, 0.1) is 5.92 Å². The van der Waals surface area contributed by atoms with Crippen LogP contribution in [-0.4, -0.2) is 5.11 Å². The molecule has 1 N–H and O–H groups in total. The number of benzene rings is 1. The Morgan fingerprint density at radius 1 is 1.43 bits per heavy atom. The maximum atomic E-state index is 9.85. The summed E-state index contributed by atoms with van der Waals surface area (Å²) in [5.41, 5.74) is 3.71. The first kappa shape index (κ1) is 10.8. The van der Waals surface area contributed by atoms with E-state index in [0.717, 1.165) is 5.56 Å². The highest BCUT2D eigenvalue weighted by atomic mass is 16.3. The van der Waals surface area contributed by atoms with Crippen molar-refractivity contribution in [3.8, 4) is 0 Å². The highest BCUT2D eigenvalue weighted by Crippen LogP contribution is 2.20. The second-order valence-corrected chi connectivity index (χ2v) is 3.51. The molecule has 0 aliphatic carbocycles. The molecule has 0 saturated heterocycles. The van der Waals surface area contributed by atoms with Gasteiger partial charge in [0.25, 0.3) is 0 Å². The number of allylic oxidation sites excluding steroid dienone is 1. The first-order chi connectivity index (χ1) is 6.74.